The van der Waals surface area contributed by atoms with Crippen molar-refractivity contribution in [1.29, 1.82) is 0 Å². The third-order valence-electron chi connectivity index (χ3n) is 12.7. The predicted octanol–water partition coefficient (Wildman–Crippen LogP) is 14.1. The van der Waals surface area contributed by atoms with Crippen LogP contribution >= 0.6 is 0 Å². The van der Waals surface area contributed by atoms with Crippen molar-refractivity contribution in [3.8, 4) is 39.1 Å². The van der Waals surface area contributed by atoms with Gasteiger partial charge in [0.15, 0.2) is 0 Å². The van der Waals surface area contributed by atoms with Gasteiger partial charge in [-0.15, -0.1) is 0 Å². The van der Waals surface area contributed by atoms with Crippen LogP contribution in [0.25, 0.3) is 55.3 Å². The summed E-state index contributed by atoms with van der Waals surface area (Å²) in [6, 6.07) is 55.0. The minimum Gasteiger partial charge on any atom is -0.484 e. The lowest BCUT2D eigenvalue weighted by atomic mass is 9.72. The summed E-state index contributed by atoms with van der Waals surface area (Å²) in [4.78, 5) is 2.39. The van der Waals surface area contributed by atoms with Crippen LogP contribution in [-0.2, 0) is 10.8 Å². The molecule has 3 heteroatoms. The van der Waals surface area contributed by atoms with E-state index in [1.807, 2.05) is 12.1 Å². The lowest BCUT2D eigenvalue weighted by Crippen LogP contribution is -2.35. The molecule has 3 nitrogen and oxygen atoms in total. The quantitative estimate of drug-likeness (QED) is 0.166. The van der Waals surface area contributed by atoms with E-state index in [2.05, 4.69) is 177 Å². The number of allylic oxidation sites excluding steroid dienone is 1. The molecule has 0 spiro atoms. The molecule has 55 heavy (non-hydrogen) atoms. The van der Waals surface area contributed by atoms with E-state index in [0.29, 0.717) is 0 Å². The molecular formula is C52H41NO2. The zero-order valence-corrected chi connectivity index (χ0v) is 31.3. The largest absolute Gasteiger partial charge is 0.484 e. The average Bonchev–Trinajstić information content (AvgIpc) is 3.84. The Morgan fingerprint density at radius 3 is 2.04 bits per heavy atom. The molecule has 266 valence electrons. The van der Waals surface area contributed by atoms with Gasteiger partial charge in [-0.2, -0.15) is 0 Å². The van der Waals surface area contributed by atoms with Crippen LogP contribution in [0.15, 0.2) is 168 Å². The molecule has 0 fully saturated rings. The Bertz CT molecular complexity index is 2830. The Morgan fingerprint density at radius 1 is 0.564 bits per heavy atom. The van der Waals surface area contributed by atoms with Gasteiger partial charge in [0.05, 0.1) is 0 Å². The monoisotopic (exact) mass is 711 g/mol. The van der Waals surface area contributed by atoms with Crippen molar-refractivity contribution in [2.75, 3.05) is 4.90 Å². The maximum Gasteiger partial charge on any atom is 0.143 e. The van der Waals surface area contributed by atoms with Crippen LogP contribution in [0.3, 0.4) is 0 Å². The van der Waals surface area contributed by atoms with E-state index in [4.69, 9.17) is 9.15 Å². The highest BCUT2D eigenvalue weighted by atomic mass is 16.5. The highest BCUT2D eigenvalue weighted by Crippen LogP contribution is 2.59. The van der Waals surface area contributed by atoms with Gasteiger partial charge in [0.2, 0.25) is 0 Å². The summed E-state index contributed by atoms with van der Waals surface area (Å²) in [7, 11) is 0. The molecule has 0 N–H and O–H groups in total. The van der Waals surface area contributed by atoms with Crippen LogP contribution in [0.1, 0.15) is 50.3 Å². The fraction of sp³-hybridized carbons (Fsp3) is 0.154. The molecule has 3 aliphatic rings. The van der Waals surface area contributed by atoms with Crippen LogP contribution in [0.4, 0.5) is 17.1 Å². The molecular weight excluding hydrogens is 671 g/mol. The van der Waals surface area contributed by atoms with Gasteiger partial charge in [-0.3, -0.25) is 0 Å². The molecule has 2 aliphatic carbocycles. The van der Waals surface area contributed by atoms with Crippen molar-refractivity contribution in [1.82, 2.24) is 0 Å². The van der Waals surface area contributed by atoms with E-state index in [0.717, 1.165) is 68.7 Å². The summed E-state index contributed by atoms with van der Waals surface area (Å²) in [6.07, 6.45) is 6.86. The van der Waals surface area contributed by atoms with Crippen molar-refractivity contribution in [3.63, 3.8) is 0 Å². The van der Waals surface area contributed by atoms with Gasteiger partial charge in [-0.1, -0.05) is 136 Å². The highest BCUT2D eigenvalue weighted by Gasteiger charge is 2.49. The number of benzene rings is 7. The van der Waals surface area contributed by atoms with Gasteiger partial charge >= 0.3 is 0 Å². The molecule has 7 aromatic carbocycles. The number of furan rings is 1. The molecule has 0 radical (unpaired) electrons. The molecule has 8 aromatic rings. The molecule has 11 rings (SSSR count). The summed E-state index contributed by atoms with van der Waals surface area (Å²) in [5, 5.41) is 2.28. The number of para-hydroxylation sites is 2. The number of rotatable bonds is 5. The number of hydrogen-bond acceptors (Lipinski definition) is 3. The molecule has 2 heterocycles. The number of anilines is 3. The Morgan fingerprint density at radius 2 is 1.24 bits per heavy atom. The zero-order chi connectivity index (χ0) is 36.9. The van der Waals surface area contributed by atoms with Crippen molar-refractivity contribution in [2.24, 2.45) is 0 Å². The first-order valence-electron chi connectivity index (χ1n) is 19.5. The average molecular weight is 712 g/mol. The maximum absolute atomic E-state index is 6.86. The first-order chi connectivity index (χ1) is 26.9. The Balaban J connectivity index is 1.03. The SMILES string of the molecule is CC1(C)c2cc(N(c3ccc(-c4ccccc4)cc3)c3ccc(-c4cccc5c4oc4ccccc45)cc3)ccc2-c2c1ccc1c2OC2C=CCCC12C. The first kappa shape index (κ1) is 32.1. The topological polar surface area (TPSA) is 25.6 Å². The molecule has 0 amide bonds. The van der Waals surface area contributed by atoms with E-state index >= 15 is 0 Å². The van der Waals surface area contributed by atoms with Crippen LogP contribution in [-0.4, -0.2) is 6.10 Å². The second kappa shape index (κ2) is 11.8. The van der Waals surface area contributed by atoms with Crippen LogP contribution in [0, 0.1) is 0 Å². The standard InChI is InChI=1S/C52H41NO2/c1-51(2)43-29-30-44-50(55-47-18-9-10-31-52(44,47)3)48(43)42-28-27-38(32-45(42)51)53(36-23-19-34(20-24-36)33-12-5-4-6-13-33)37-25-21-35(22-26-37)39-15-11-16-41-40-14-7-8-17-46(40)54-49(39)41/h4-9,11-30,32,47H,10,31H2,1-3H3. The predicted molar refractivity (Wildman–Crippen MR) is 227 cm³/mol. The zero-order valence-electron chi connectivity index (χ0n) is 31.3. The van der Waals surface area contributed by atoms with Gasteiger partial charge < -0.3 is 14.1 Å². The third kappa shape index (κ3) is 4.75. The van der Waals surface area contributed by atoms with Gasteiger partial charge in [-0.25, -0.2) is 0 Å². The summed E-state index contributed by atoms with van der Waals surface area (Å²) in [5.41, 5.74) is 16.2. The second-order valence-corrected chi connectivity index (χ2v) is 16.2. The van der Waals surface area contributed by atoms with E-state index in [-0.39, 0.29) is 16.9 Å². The number of hydrogen-bond donors (Lipinski definition) is 0. The fourth-order valence-electron chi connectivity index (χ4n) is 9.68. The number of fused-ring (bicyclic) bond motifs is 10. The van der Waals surface area contributed by atoms with Crippen molar-refractivity contribution >= 4 is 39.0 Å². The minimum absolute atomic E-state index is 0.0107. The second-order valence-electron chi connectivity index (χ2n) is 16.2. The maximum atomic E-state index is 6.86. The van der Waals surface area contributed by atoms with E-state index in [1.54, 1.807) is 0 Å². The molecule has 1 aliphatic heterocycles. The Kier molecular flexibility index (Phi) is 6.92. The van der Waals surface area contributed by atoms with Gasteiger partial charge in [0, 0.05) is 55.4 Å². The lowest BCUT2D eigenvalue weighted by molar-refractivity contribution is 0.188. The van der Waals surface area contributed by atoms with Crippen LogP contribution in [0.2, 0.25) is 0 Å². The van der Waals surface area contributed by atoms with Gasteiger partial charge in [0.25, 0.3) is 0 Å². The Hall–Kier alpha value is -6.32. The normalized spacial score (nSPS) is 18.8. The third-order valence-corrected chi connectivity index (χ3v) is 12.7. The summed E-state index contributed by atoms with van der Waals surface area (Å²) >= 11 is 0. The van der Waals surface area contributed by atoms with E-state index in [9.17, 15) is 0 Å². The van der Waals surface area contributed by atoms with Crippen molar-refractivity contribution in [3.05, 3.63) is 181 Å². The Labute approximate surface area is 322 Å². The molecule has 1 aromatic heterocycles. The molecule has 0 saturated heterocycles. The van der Waals surface area contributed by atoms with Crippen molar-refractivity contribution < 1.29 is 9.15 Å². The van der Waals surface area contributed by atoms with E-state index in [1.165, 1.54) is 38.9 Å². The van der Waals surface area contributed by atoms with Crippen LogP contribution in [0.5, 0.6) is 5.75 Å². The smallest absolute Gasteiger partial charge is 0.143 e. The lowest BCUT2D eigenvalue weighted by Gasteiger charge is -2.31. The number of nitrogens with zero attached hydrogens (tertiary/aromatic N) is 1. The van der Waals surface area contributed by atoms with Gasteiger partial charge in [0.1, 0.15) is 23.0 Å². The first-order valence-corrected chi connectivity index (χ1v) is 19.5. The number of ether oxygens (including phenoxy) is 1. The molecule has 2 unspecified atom stereocenters. The minimum atomic E-state index is -0.193. The van der Waals surface area contributed by atoms with Crippen molar-refractivity contribution in [2.45, 2.75) is 50.5 Å². The summed E-state index contributed by atoms with van der Waals surface area (Å²) < 4.78 is 13.3. The summed E-state index contributed by atoms with van der Waals surface area (Å²) in [5.74, 6) is 1.08. The van der Waals surface area contributed by atoms with Gasteiger partial charge in [-0.05, 0) is 94.8 Å². The molecule has 0 saturated carbocycles. The van der Waals surface area contributed by atoms with E-state index < -0.39 is 0 Å². The highest BCUT2D eigenvalue weighted by molar-refractivity contribution is 6.09. The molecule has 0 bridgehead atoms. The van der Waals surface area contributed by atoms with Crippen LogP contribution < -0.4 is 9.64 Å². The molecule has 2 atom stereocenters. The fourth-order valence-corrected chi connectivity index (χ4v) is 9.68. The summed E-state index contributed by atoms with van der Waals surface area (Å²) in [6.45, 7) is 7.11.